The molecule has 1 aliphatic rings. The molecule has 1 amide bonds. The molecule has 3 N–H and O–H groups in total. The van der Waals surface area contributed by atoms with Crippen LogP contribution in [0, 0.1) is 5.92 Å². The van der Waals surface area contributed by atoms with Gasteiger partial charge < -0.3 is 15.8 Å². The van der Waals surface area contributed by atoms with E-state index in [0.29, 0.717) is 25.2 Å². The largest absolute Gasteiger partial charge is 0.444 e. The molecule has 1 rings (SSSR count). The number of ether oxygens (including phenoxy) is 1. The van der Waals surface area contributed by atoms with E-state index in [0.717, 1.165) is 18.9 Å². The molecule has 0 radical (unpaired) electrons. The normalized spacial score (nSPS) is 25.5. The monoisotopic (exact) mass is 285 g/mol. The maximum atomic E-state index is 11.6. The summed E-state index contributed by atoms with van der Waals surface area (Å²) in [5.74, 6) is 0.734. The van der Waals surface area contributed by atoms with Crippen molar-refractivity contribution in [2.24, 2.45) is 11.7 Å². The van der Waals surface area contributed by atoms with Crippen LogP contribution in [0.2, 0.25) is 0 Å². The van der Waals surface area contributed by atoms with Crippen molar-refractivity contribution in [1.29, 1.82) is 0 Å². The predicted octanol–water partition coefficient (Wildman–Crippen LogP) is 1.96. The van der Waals surface area contributed by atoms with Crippen molar-refractivity contribution in [2.75, 3.05) is 19.6 Å². The first kappa shape index (κ1) is 17.2. The standard InChI is InChI=1S/C15H31N3O2/c1-11-8-12(2)18(10-11)13(9-16)6-7-17-14(19)20-15(3,4)5/h11-13H,6-10,16H2,1-5H3,(H,17,19). The van der Waals surface area contributed by atoms with Gasteiger partial charge in [0.15, 0.2) is 0 Å². The van der Waals surface area contributed by atoms with Gasteiger partial charge in [-0.3, -0.25) is 4.90 Å². The van der Waals surface area contributed by atoms with Gasteiger partial charge in [0.1, 0.15) is 5.60 Å². The molecule has 1 fully saturated rings. The van der Waals surface area contributed by atoms with E-state index in [1.54, 1.807) is 0 Å². The molecule has 3 atom stereocenters. The summed E-state index contributed by atoms with van der Waals surface area (Å²) in [6, 6.07) is 0.921. The number of carbonyl (C=O) groups excluding carboxylic acids is 1. The molecule has 0 spiro atoms. The van der Waals surface area contributed by atoms with Crippen molar-refractivity contribution in [3.63, 3.8) is 0 Å². The molecular weight excluding hydrogens is 254 g/mol. The van der Waals surface area contributed by atoms with Crippen LogP contribution in [0.3, 0.4) is 0 Å². The lowest BCUT2D eigenvalue weighted by Crippen LogP contribution is -2.45. The summed E-state index contributed by atoms with van der Waals surface area (Å²) in [5.41, 5.74) is 5.45. The summed E-state index contributed by atoms with van der Waals surface area (Å²) >= 11 is 0. The van der Waals surface area contributed by atoms with E-state index in [1.807, 2.05) is 20.8 Å². The Morgan fingerprint density at radius 2 is 2.10 bits per heavy atom. The molecule has 1 saturated heterocycles. The highest BCUT2D eigenvalue weighted by atomic mass is 16.6. The first-order valence-corrected chi connectivity index (χ1v) is 7.65. The fourth-order valence-electron chi connectivity index (χ4n) is 2.92. The minimum absolute atomic E-state index is 0.338. The van der Waals surface area contributed by atoms with E-state index in [9.17, 15) is 4.79 Å². The Morgan fingerprint density at radius 1 is 1.45 bits per heavy atom. The van der Waals surface area contributed by atoms with Crippen LogP contribution < -0.4 is 11.1 Å². The summed E-state index contributed by atoms with van der Waals surface area (Å²) in [7, 11) is 0. The molecule has 0 aliphatic carbocycles. The lowest BCUT2D eigenvalue weighted by molar-refractivity contribution is 0.0521. The number of amides is 1. The summed E-state index contributed by atoms with van der Waals surface area (Å²) in [4.78, 5) is 14.1. The highest BCUT2D eigenvalue weighted by Crippen LogP contribution is 2.25. The van der Waals surface area contributed by atoms with Crippen LogP contribution in [-0.4, -0.2) is 48.3 Å². The minimum Gasteiger partial charge on any atom is -0.444 e. The third kappa shape index (κ3) is 5.67. The Kier molecular flexibility index (Phi) is 6.27. The van der Waals surface area contributed by atoms with Crippen molar-refractivity contribution in [2.45, 2.75) is 65.1 Å². The van der Waals surface area contributed by atoms with Crippen molar-refractivity contribution in [1.82, 2.24) is 10.2 Å². The molecule has 1 aliphatic heterocycles. The van der Waals surface area contributed by atoms with Crippen LogP contribution in [0.25, 0.3) is 0 Å². The Balaban J connectivity index is 2.33. The van der Waals surface area contributed by atoms with Crippen LogP contribution in [0.4, 0.5) is 4.79 Å². The van der Waals surface area contributed by atoms with E-state index < -0.39 is 5.60 Å². The predicted molar refractivity (Wildman–Crippen MR) is 81.6 cm³/mol. The maximum absolute atomic E-state index is 11.6. The highest BCUT2D eigenvalue weighted by molar-refractivity contribution is 5.67. The molecule has 0 aromatic rings. The summed E-state index contributed by atoms with van der Waals surface area (Å²) in [6.45, 7) is 12.5. The molecular formula is C15H31N3O2. The van der Waals surface area contributed by atoms with E-state index in [-0.39, 0.29) is 6.09 Å². The van der Waals surface area contributed by atoms with Crippen LogP contribution in [0.15, 0.2) is 0 Å². The zero-order valence-electron chi connectivity index (χ0n) is 13.6. The lowest BCUT2D eigenvalue weighted by Gasteiger charge is -2.30. The number of nitrogens with zero attached hydrogens (tertiary/aromatic N) is 1. The zero-order valence-corrected chi connectivity index (χ0v) is 13.6. The third-order valence-electron chi connectivity index (χ3n) is 3.72. The molecule has 1 heterocycles. The zero-order chi connectivity index (χ0) is 15.3. The van der Waals surface area contributed by atoms with Crippen molar-refractivity contribution in [3.05, 3.63) is 0 Å². The van der Waals surface area contributed by atoms with E-state index in [1.165, 1.54) is 6.42 Å². The van der Waals surface area contributed by atoms with Gasteiger partial charge in [0.2, 0.25) is 0 Å². The Labute approximate surface area is 123 Å². The molecule has 0 aromatic heterocycles. The smallest absolute Gasteiger partial charge is 0.407 e. The van der Waals surface area contributed by atoms with Gasteiger partial charge in [-0.25, -0.2) is 4.79 Å². The lowest BCUT2D eigenvalue weighted by atomic mass is 10.1. The number of hydrogen-bond acceptors (Lipinski definition) is 4. The average molecular weight is 285 g/mol. The molecule has 0 aromatic carbocycles. The van der Waals surface area contributed by atoms with Crippen molar-refractivity contribution in [3.8, 4) is 0 Å². The van der Waals surface area contributed by atoms with Gasteiger partial charge in [0.05, 0.1) is 0 Å². The van der Waals surface area contributed by atoms with Crippen LogP contribution in [-0.2, 0) is 4.74 Å². The number of carbonyl (C=O) groups is 1. The number of nitrogens with one attached hydrogen (secondary N) is 1. The molecule has 5 heteroatoms. The minimum atomic E-state index is -0.448. The summed E-state index contributed by atoms with van der Waals surface area (Å²) in [6.07, 6.45) is 1.75. The number of rotatable bonds is 5. The van der Waals surface area contributed by atoms with Crippen LogP contribution in [0.1, 0.15) is 47.5 Å². The van der Waals surface area contributed by atoms with Gasteiger partial charge in [0, 0.05) is 31.7 Å². The molecule has 118 valence electrons. The summed E-state index contributed by atoms with van der Waals surface area (Å²) < 4.78 is 5.22. The fourth-order valence-corrected chi connectivity index (χ4v) is 2.92. The van der Waals surface area contributed by atoms with Gasteiger partial charge in [-0.2, -0.15) is 0 Å². The van der Waals surface area contributed by atoms with Crippen LogP contribution >= 0.6 is 0 Å². The van der Waals surface area contributed by atoms with Gasteiger partial charge in [0.25, 0.3) is 0 Å². The maximum Gasteiger partial charge on any atom is 0.407 e. The molecule has 0 saturated carbocycles. The number of alkyl carbamates (subject to hydrolysis) is 1. The number of likely N-dealkylation sites (tertiary alicyclic amines) is 1. The molecule has 5 nitrogen and oxygen atoms in total. The number of nitrogens with two attached hydrogens (primary N) is 1. The third-order valence-corrected chi connectivity index (χ3v) is 3.72. The van der Waals surface area contributed by atoms with E-state index >= 15 is 0 Å². The van der Waals surface area contributed by atoms with Gasteiger partial charge in [-0.15, -0.1) is 0 Å². The second-order valence-electron chi connectivity index (χ2n) is 6.99. The van der Waals surface area contributed by atoms with Crippen molar-refractivity contribution >= 4 is 6.09 Å². The summed E-state index contributed by atoms with van der Waals surface area (Å²) in [5, 5.41) is 2.81. The van der Waals surface area contributed by atoms with Gasteiger partial charge in [-0.1, -0.05) is 6.92 Å². The number of hydrogen-bond donors (Lipinski definition) is 2. The Hall–Kier alpha value is -0.810. The second-order valence-corrected chi connectivity index (χ2v) is 6.99. The van der Waals surface area contributed by atoms with Crippen molar-refractivity contribution < 1.29 is 9.53 Å². The first-order valence-electron chi connectivity index (χ1n) is 7.65. The Morgan fingerprint density at radius 3 is 2.55 bits per heavy atom. The van der Waals surface area contributed by atoms with Gasteiger partial charge >= 0.3 is 6.09 Å². The van der Waals surface area contributed by atoms with Gasteiger partial charge in [-0.05, 0) is 46.5 Å². The highest BCUT2D eigenvalue weighted by Gasteiger charge is 2.30. The molecule has 20 heavy (non-hydrogen) atoms. The van der Waals surface area contributed by atoms with Crippen LogP contribution in [0.5, 0.6) is 0 Å². The fraction of sp³-hybridized carbons (Fsp3) is 0.933. The SMILES string of the molecule is CC1CC(C)N(C(CN)CCNC(=O)OC(C)(C)C)C1. The van der Waals surface area contributed by atoms with E-state index in [2.05, 4.69) is 24.1 Å². The topological polar surface area (TPSA) is 67.6 Å². The second kappa shape index (κ2) is 7.27. The first-order chi connectivity index (χ1) is 9.23. The Bertz CT molecular complexity index is 315. The quantitative estimate of drug-likeness (QED) is 0.810. The average Bonchev–Trinajstić information content (AvgIpc) is 2.61. The molecule has 3 unspecified atom stereocenters. The molecule has 0 bridgehead atoms. The van der Waals surface area contributed by atoms with E-state index in [4.69, 9.17) is 10.5 Å².